The molecule has 0 amide bonds. The van der Waals surface area contributed by atoms with Crippen molar-refractivity contribution in [1.82, 2.24) is 5.32 Å². The second kappa shape index (κ2) is 6.47. The first-order valence-electron chi connectivity index (χ1n) is 7.97. The average molecular weight is 309 g/mol. The van der Waals surface area contributed by atoms with Crippen molar-refractivity contribution >= 4 is 11.0 Å². The van der Waals surface area contributed by atoms with Gasteiger partial charge in [0.05, 0.1) is 13.2 Å². The quantitative estimate of drug-likeness (QED) is 0.706. The Balaban J connectivity index is 1.80. The number of methoxy groups -OCH3 is 1. The molecule has 0 spiro atoms. The summed E-state index contributed by atoms with van der Waals surface area (Å²) in [5.41, 5.74) is 3.36. The zero-order valence-electron chi connectivity index (χ0n) is 14.1. The highest BCUT2D eigenvalue weighted by Crippen LogP contribution is 2.31. The van der Waals surface area contributed by atoms with E-state index in [0.717, 1.165) is 22.5 Å². The van der Waals surface area contributed by atoms with Crippen molar-refractivity contribution in [3.05, 3.63) is 65.4 Å². The molecule has 2 aromatic carbocycles. The first-order valence-corrected chi connectivity index (χ1v) is 7.97. The topological polar surface area (TPSA) is 34.4 Å². The minimum Gasteiger partial charge on any atom is -0.493 e. The van der Waals surface area contributed by atoms with Crippen LogP contribution >= 0.6 is 0 Å². The van der Waals surface area contributed by atoms with E-state index in [2.05, 4.69) is 56.4 Å². The minimum absolute atomic E-state index is 0.114. The number of hydrogen-bond acceptors (Lipinski definition) is 3. The Labute approximate surface area is 137 Å². The number of nitrogens with one attached hydrogen (secondary N) is 1. The summed E-state index contributed by atoms with van der Waals surface area (Å²) < 4.78 is 11.4. The van der Waals surface area contributed by atoms with Crippen LogP contribution in [-0.4, -0.2) is 7.11 Å². The molecule has 1 N–H and O–H groups in total. The second-order valence-electron chi connectivity index (χ2n) is 6.05. The molecule has 0 aliphatic carbocycles. The van der Waals surface area contributed by atoms with E-state index >= 15 is 0 Å². The normalized spacial score (nSPS) is 13.9. The zero-order valence-corrected chi connectivity index (χ0v) is 14.1. The number of aryl methyl sites for hydroxylation is 1. The van der Waals surface area contributed by atoms with Gasteiger partial charge < -0.3 is 14.5 Å². The number of ether oxygens (including phenoxy) is 1. The van der Waals surface area contributed by atoms with Crippen molar-refractivity contribution < 1.29 is 9.15 Å². The van der Waals surface area contributed by atoms with Gasteiger partial charge in [-0.05, 0) is 38.5 Å². The lowest BCUT2D eigenvalue weighted by Gasteiger charge is -2.19. The lowest BCUT2D eigenvalue weighted by Crippen LogP contribution is -2.22. The number of fused-ring (bicyclic) bond motifs is 1. The van der Waals surface area contributed by atoms with Crippen molar-refractivity contribution in [2.24, 2.45) is 0 Å². The Bertz CT molecular complexity index is 789. The van der Waals surface area contributed by atoms with Gasteiger partial charge in [0.2, 0.25) is 0 Å². The van der Waals surface area contributed by atoms with E-state index in [1.165, 1.54) is 11.1 Å². The van der Waals surface area contributed by atoms with Crippen LogP contribution in [0.4, 0.5) is 0 Å². The van der Waals surface area contributed by atoms with Gasteiger partial charge in [-0.15, -0.1) is 0 Å². The van der Waals surface area contributed by atoms with Crippen LogP contribution in [0.3, 0.4) is 0 Å². The molecule has 2 atom stereocenters. The van der Waals surface area contributed by atoms with Crippen molar-refractivity contribution in [3.63, 3.8) is 0 Å². The fourth-order valence-electron chi connectivity index (χ4n) is 2.84. The van der Waals surface area contributed by atoms with E-state index in [1.807, 2.05) is 18.2 Å². The molecule has 0 aliphatic heterocycles. The van der Waals surface area contributed by atoms with E-state index < -0.39 is 0 Å². The van der Waals surface area contributed by atoms with Gasteiger partial charge >= 0.3 is 0 Å². The van der Waals surface area contributed by atoms with Gasteiger partial charge in [-0.3, -0.25) is 0 Å². The van der Waals surface area contributed by atoms with Crippen LogP contribution in [0.1, 0.15) is 42.8 Å². The SMILES string of the molecule is COc1cccc2cc(C(C)NC(C)c3ccc(C)cc3)oc12. The van der Waals surface area contributed by atoms with Crippen LogP contribution in [0.5, 0.6) is 5.75 Å². The van der Waals surface area contributed by atoms with Crippen LogP contribution < -0.4 is 10.1 Å². The zero-order chi connectivity index (χ0) is 16.4. The van der Waals surface area contributed by atoms with Crippen LogP contribution in [0, 0.1) is 6.92 Å². The lowest BCUT2D eigenvalue weighted by molar-refractivity contribution is 0.391. The van der Waals surface area contributed by atoms with Gasteiger partial charge in [-0.1, -0.05) is 42.0 Å². The summed E-state index contributed by atoms with van der Waals surface area (Å²) in [5.74, 6) is 1.69. The number of furan rings is 1. The molecule has 0 bridgehead atoms. The molecular weight excluding hydrogens is 286 g/mol. The molecule has 2 unspecified atom stereocenters. The summed E-state index contributed by atoms with van der Waals surface area (Å²) >= 11 is 0. The fraction of sp³-hybridized carbons (Fsp3) is 0.300. The maximum Gasteiger partial charge on any atom is 0.176 e. The first-order chi connectivity index (χ1) is 11.1. The molecule has 0 aliphatic rings. The second-order valence-corrected chi connectivity index (χ2v) is 6.05. The monoisotopic (exact) mass is 309 g/mol. The number of rotatable bonds is 5. The molecule has 3 rings (SSSR count). The molecule has 0 saturated carbocycles. The summed E-state index contributed by atoms with van der Waals surface area (Å²) in [5, 5.41) is 4.66. The third-order valence-corrected chi connectivity index (χ3v) is 4.25. The van der Waals surface area contributed by atoms with E-state index in [9.17, 15) is 0 Å². The van der Waals surface area contributed by atoms with Gasteiger partial charge in [-0.25, -0.2) is 0 Å². The Morgan fingerprint density at radius 2 is 1.74 bits per heavy atom. The maximum absolute atomic E-state index is 6.02. The average Bonchev–Trinajstić information content (AvgIpc) is 2.99. The molecule has 3 nitrogen and oxygen atoms in total. The summed E-state index contributed by atoms with van der Waals surface area (Å²) in [6.45, 7) is 6.39. The fourth-order valence-corrected chi connectivity index (χ4v) is 2.84. The van der Waals surface area contributed by atoms with Gasteiger partial charge in [-0.2, -0.15) is 0 Å². The molecule has 0 radical (unpaired) electrons. The van der Waals surface area contributed by atoms with Crippen LogP contribution in [0.15, 0.2) is 52.9 Å². The van der Waals surface area contributed by atoms with E-state index in [-0.39, 0.29) is 12.1 Å². The van der Waals surface area contributed by atoms with Crippen molar-refractivity contribution in [2.75, 3.05) is 7.11 Å². The smallest absolute Gasteiger partial charge is 0.176 e. The molecule has 1 aromatic heterocycles. The molecule has 120 valence electrons. The van der Waals surface area contributed by atoms with E-state index in [1.54, 1.807) is 7.11 Å². The number of para-hydroxylation sites is 1. The highest BCUT2D eigenvalue weighted by atomic mass is 16.5. The van der Waals surface area contributed by atoms with Gasteiger partial charge in [0, 0.05) is 11.4 Å². The summed E-state index contributed by atoms with van der Waals surface area (Å²) in [6.07, 6.45) is 0. The molecule has 0 fully saturated rings. The van der Waals surface area contributed by atoms with Gasteiger partial charge in [0.1, 0.15) is 5.76 Å². The molecule has 3 heteroatoms. The molecular formula is C20H23NO2. The Kier molecular flexibility index (Phi) is 4.39. The largest absolute Gasteiger partial charge is 0.493 e. The molecule has 23 heavy (non-hydrogen) atoms. The standard InChI is InChI=1S/C20H23NO2/c1-13-8-10-16(11-9-13)14(2)21-15(3)19-12-17-6-5-7-18(22-4)20(17)23-19/h5-12,14-15,21H,1-4H3. The highest BCUT2D eigenvalue weighted by molar-refractivity contribution is 5.83. The summed E-state index contributed by atoms with van der Waals surface area (Å²) in [7, 11) is 1.66. The van der Waals surface area contributed by atoms with E-state index in [4.69, 9.17) is 9.15 Å². The number of benzene rings is 2. The molecule has 3 aromatic rings. The van der Waals surface area contributed by atoms with Crippen LogP contribution in [0.25, 0.3) is 11.0 Å². The van der Waals surface area contributed by atoms with Crippen LogP contribution in [-0.2, 0) is 0 Å². The first kappa shape index (κ1) is 15.6. The van der Waals surface area contributed by atoms with Gasteiger partial charge in [0.25, 0.3) is 0 Å². The summed E-state index contributed by atoms with van der Waals surface area (Å²) in [6, 6.07) is 17.0. The van der Waals surface area contributed by atoms with Crippen molar-refractivity contribution in [2.45, 2.75) is 32.9 Å². The Hall–Kier alpha value is -2.26. The molecule has 1 heterocycles. The Morgan fingerprint density at radius 1 is 1.00 bits per heavy atom. The van der Waals surface area contributed by atoms with E-state index in [0.29, 0.717) is 0 Å². The maximum atomic E-state index is 6.02. The minimum atomic E-state index is 0.114. The third-order valence-electron chi connectivity index (χ3n) is 4.25. The van der Waals surface area contributed by atoms with Crippen LogP contribution in [0.2, 0.25) is 0 Å². The lowest BCUT2D eigenvalue weighted by atomic mass is 10.1. The Morgan fingerprint density at radius 3 is 2.43 bits per heavy atom. The molecule has 0 saturated heterocycles. The van der Waals surface area contributed by atoms with Crippen molar-refractivity contribution in [1.29, 1.82) is 0 Å². The number of hydrogen-bond donors (Lipinski definition) is 1. The summed E-state index contributed by atoms with van der Waals surface area (Å²) in [4.78, 5) is 0. The third kappa shape index (κ3) is 3.25. The van der Waals surface area contributed by atoms with Gasteiger partial charge in [0.15, 0.2) is 11.3 Å². The van der Waals surface area contributed by atoms with Crippen molar-refractivity contribution in [3.8, 4) is 5.75 Å². The predicted octanol–water partition coefficient (Wildman–Crippen LogP) is 5.16. The highest BCUT2D eigenvalue weighted by Gasteiger charge is 2.16. The predicted molar refractivity (Wildman–Crippen MR) is 93.9 cm³/mol.